The zero-order chi connectivity index (χ0) is 57.8. The van der Waals surface area contributed by atoms with Crippen molar-refractivity contribution in [3.05, 3.63) is 12.2 Å². The van der Waals surface area contributed by atoms with Gasteiger partial charge < -0.3 is 20.3 Å². The van der Waals surface area contributed by atoms with Crippen LogP contribution in [0.25, 0.3) is 0 Å². The maximum Gasteiger partial charge on any atom is 0.305 e. The molecule has 476 valence electrons. The Labute approximate surface area is 501 Å². The third-order valence-corrected chi connectivity index (χ3v) is 17.6. The van der Waals surface area contributed by atoms with Crippen molar-refractivity contribution in [2.75, 3.05) is 13.2 Å². The van der Waals surface area contributed by atoms with E-state index in [1.807, 2.05) is 6.08 Å². The van der Waals surface area contributed by atoms with E-state index in [-0.39, 0.29) is 18.5 Å². The van der Waals surface area contributed by atoms with Gasteiger partial charge in [-0.15, -0.1) is 0 Å². The van der Waals surface area contributed by atoms with Crippen molar-refractivity contribution < 1.29 is 24.5 Å². The monoisotopic (exact) mass is 1130 g/mol. The number of ether oxygens (including phenoxy) is 1. The second kappa shape index (κ2) is 70.1. The molecule has 0 radical (unpaired) electrons. The maximum atomic E-state index is 12.5. The number of aliphatic hydroxyl groups is 2. The topological polar surface area (TPSA) is 95.9 Å². The van der Waals surface area contributed by atoms with E-state index in [0.29, 0.717) is 19.4 Å². The number of carbonyl (C=O) groups excluding carboxylic acids is 2. The molecule has 80 heavy (non-hydrogen) atoms. The molecule has 3 N–H and O–H groups in total. The standard InChI is InChI=1S/C74H145NO5/c1-3-5-7-9-11-13-15-17-19-21-23-24-25-28-31-34-38-42-46-50-54-58-62-66-72(77)71(70-76)75-73(78)67-63-59-55-51-47-43-39-35-32-29-26-27-30-33-37-41-45-49-53-57-61-65-69-80-74(79)68-64-60-56-52-48-44-40-36-22-20-18-16-14-12-10-8-6-4-2/h62,66,71-72,76-77H,3-61,63-65,67-70H2,1-2H3,(H,75,78)/b66-62+. The van der Waals surface area contributed by atoms with Gasteiger partial charge in [0.05, 0.1) is 25.4 Å². The van der Waals surface area contributed by atoms with Gasteiger partial charge in [-0.05, 0) is 32.1 Å². The van der Waals surface area contributed by atoms with Crippen LogP contribution in [0.4, 0.5) is 0 Å². The van der Waals surface area contributed by atoms with Gasteiger partial charge in [0.15, 0.2) is 0 Å². The van der Waals surface area contributed by atoms with E-state index in [1.165, 1.54) is 360 Å². The molecule has 0 bridgehead atoms. The molecule has 0 aliphatic rings. The minimum Gasteiger partial charge on any atom is -0.466 e. The molecule has 0 saturated carbocycles. The van der Waals surface area contributed by atoms with Crippen LogP contribution in [-0.2, 0) is 14.3 Å². The van der Waals surface area contributed by atoms with Crippen LogP contribution in [0.2, 0.25) is 0 Å². The third kappa shape index (κ3) is 65.7. The SMILES string of the molecule is CCCCCCCCCCCCCCCCCCCCCCC/C=C/C(O)C(CO)NC(=O)CCCCCCCCCCCCCCCCCCCCCCCCOC(=O)CCCCCCCCCCCCCCCCCCCC. The molecule has 6 nitrogen and oxygen atoms in total. The molecular weight excluding hydrogens is 983 g/mol. The minimum absolute atomic E-state index is 0.0185. The average molecular weight is 1130 g/mol. The van der Waals surface area contributed by atoms with E-state index in [1.54, 1.807) is 6.08 Å². The van der Waals surface area contributed by atoms with E-state index >= 15 is 0 Å². The van der Waals surface area contributed by atoms with E-state index in [0.717, 1.165) is 38.5 Å². The Bertz CT molecular complexity index is 1210. The lowest BCUT2D eigenvalue weighted by Gasteiger charge is -2.20. The lowest BCUT2D eigenvalue weighted by molar-refractivity contribution is -0.143. The molecule has 0 aliphatic heterocycles. The first-order valence-electron chi connectivity index (χ1n) is 37.0. The lowest BCUT2D eigenvalue weighted by atomic mass is 10.0. The van der Waals surface area contributed by atoms with E-state index in [2.05, 4.69) is 19.2 Å². The summed E-state index contributed by atoms with van der Waals surface area (Å²) in [7, 11) is 0. The molecule has 0 aromatic carbocycles. The van der Waals surface area contributed by atoms with Crippen LogP contribution in [0.15, 0.2) is 12.2 Å². The first-order valence-corrected chi connectivity index (χ1v) is 37.0. The van der Waals surface area contributed by atoms with Crippen molar-refractivity contribution in [1.29, 1.82) is 0 Å². The second-order valence-electron chi connectivity index (χ2n) is 25.6. The normalized spacial score (nSPS) is 12.5. The summed E-state index contributed by atoms with van der Waals surface area (Å²) in [6, 6.07) is -0.629. The molecule has 0 rings (SSSR count). The minimum atomic E-state index is -0.845. The molecule has 0 spiro atoms. The highest BCUT2D eigenvalue weighted by Gasteiger charge is 2.18. The predicted molar refractivity (Wildman–Crippen MR) is 352 cm³/mol. The van der Waals surface area contributed by atoms with Crippen LogP contribution in [0, 0.1) is 0 Å². The van der Waals surface area contributed by atoms with E-state index < -0.39 is 12.1 Å². The van der Waals surface area contributed by atoms with Crippen LogP contribution in [0.5, 0.6) is 0 Å². The van der Waals surface area contributed by atoms with Gasteiger partial charge >= 0.3 is 5.97 Å². The van der Waals surface area contributed by atoms with Crippen molar-refractivity contribution >= 4 is 11.9 Å². The van der Waals surface area contributed by atoms with Gasteiger partial charge in [-0.2, -0.15) is 0 Å². The Morgan fingerprint density at radius 1 is 0.338 bits per heavy atom. The summed E-state index contributed by atoms with van der Waals surface area (Å²) in [5.41, 5.74) is 0. The summed E-state index contributed by atoms with van der Waals surface area (Å²) >= 11 is 0. The van der Waals surface area contributed by atoms with Crippen LogP contribution in [-0.4, -0.2) is 47.4 Å². The van der Waals surface area contributed by atoms with Gasteiger partial charge in [0.1, 0.15) is 0 Å². The van der Waals surface area contributed by atoms with Gasteiger partial charge in [-0.3, -0.25) is 9.59 Å². The first-order chi connectivity index (χ1) is 39.5. The predicted octanol–water partition coefficient (Wildman–Crippen LogP) is 23.9. The molecule has 6 heteroatoms. The van der Waals surface area contributed by atoms with Crippen LogP contribution < -0.4 is 5.32 Å². The van der Waals surface area contributed by atoms with Crippen molar-refractivity contribution in [2.45, 2.75) is 437 Å². The average Bonchev–Trinajstić information content (AvgIpc) is 3.46. The highest BCUT2D eigenvalue weighted by Crippen LogP contribution is 2.20. The molecule has 0 fully saturated rings. The zero-order valence-corrected chi connectivity index (χ0v) is 54.6. The summed E-state index contributed by atoms with van der Waals surface area (Å²) in [6.45, 7) is 4.96. The van der Waals surface area contributed by atoms with Crippen molar-refractivity contribution in [1.82, 2.24) is 5.32 Å². The van der Waals surface area contributed by atoms with E-state index in [9.17, 15) is 19.8 Å². The fourth-order valence-electron chi connectivity index (χ4n) is 11.9. The summed E-state index contributed by atoms with van der Waals surface area (Å²) in [4.78, 5) is 24.7. The third-order valence-electron chi connectivity index (χ3n) is 17.6. The van der Waals surface area contributed by atoms with Crippen LogP contribution in [0.3, 0.4) is 0 Å². The highest BCUT2D eigenvalue weighted by molar-refractivity contribution is 5.76. The molecule has 2 unspecified atom stereocenters. The van der Waals surface area contributed by atoms with Gasteiger partial charge in [0.25, 0.3) is 0 Å². The molecule has 0 aromatic heterocycles. The van der Waals surface area contributed by atoms with Crippen molar-refractivity contribution in [2.24, 2.45) is 0 Å². The number of hydrogen-bond acceptors (Lipinski definition) is 5. The largest absolute Gasteiger partial charge is 0.466 e. The summed E-state index contributed by atoms with van der Waals surface area (Å²) in [5.74, 6) is -0.0444. The fourth-order valence-corrected chi connectivity index (χ4v) is 11.9. The molecule has 0 aliphatic carbocycles. The van der Waals surface area contributed by atoms with Crippen LogP contribution in [0.1, 0.15) is 425 Å². The molecule has 1 amide bonds. The summed E-state index contributed by atoms with van der Waals surface area (Å²) in [6.07, 6.45) is 87.3. The Balaban J connectivity index is 3.38. The zero-order valence-electron chi connectivity index (χ0n) is 54.6. The van der Waals surface area contributed by atoms with Gasteiger partial charge in [0.2, 0.25) is 5.91 Å². The van der Waals surface area contributed by atoms with Gasteiger partial charge in [-0.1, -0.05) is 392 Å². The van der Waals surface area contributed by atoms with Gasteiger partial charge in [0, 0.05) is 12.8 Å². The maximum absolute atomic E-state index is 12.5. The highest BCUT2D eigenvalue weighted by atomic mass is 16.5. The first kappa shape index (κ1) is 78.6. The summed E-state index contributed by atoms with van der Waals surface area (Å²) in [5, 5.41) is 23.3. The number of hydrogen-bond donors (Lipinski definition) is 3. The van der Waals surface area contributed by atoms with Crippen molar-refractivity contribution in [3.8, 4) is 0 Å². The number of carbonyl (C=O) groups is 2. The molecular formula is C74H145NO5. The van der Waals surface area contributed by atoms with Gasteiger partial charge in [-0.25, -0.2) is 0 Å². The number of rotatable bonds is 70. The smallest absolute Gasteiger partial charge is 0.305 e. The Morgan fingerprint density at radius 3 is 0.850 bits per heavy atom. The number of aliphatic hydroxyl groups excluding tert-OH is 2. The number of amides is 1. The number of nitrogens with one attached hydrogen (secondary N) is 1. The molecule has 0 saturated heterocycles. The molecule has 2 atom stereocenters. The van der Waals surface area contributed by atoms with E-state index in [4.69, 9.17) is 4.74 Å². The lowest BCUT2D eigenvalue weighted by Crippen LogP contribution is -2.45. The second-order valence-corrected chi connectivity index (χ2v) is 25.6. The molecule has 0 heterocycles. The Kier molecular flexibility index (Phi) is 68.9. The van der Waals surface area contributed by atoms with Crippen molar-refractivity contribution in [3.63, 3.8) is 0 Å². The fraction of sp³-hybridized carbons (Fsp3) is 0.946. The summed E-state index contributed by atoms with van der Waals surface area (Å²) < 4.78 is 5.51. The van der Waals surface area contributed by atoms with Crippen LogP contribution >= 0.6 is 0 Å². The number of allylic oxidation sites excluding steroid dienone is 1. The Hall–Kier alpha value is -1.40. The quantitative estimate of drug-likeness (QED) is 0.0320. The number of unbranched alkanes of at least 4 members (excludes halogenated alkanes) is 59. The molecule has 0 aromatic rings. The Morgan fingerprint density at radius 2 is 0.575 bits per heavy atom. The number of esters is 1.